The standard InChI is InChI=1S/C18H26N4O/c1-2-6-10-18(11-7-3-1,21-12-14-23-15-13-21)22-17-9-5-4-8-16(17)19-20-22/h4-5,8-9H,1-3,6-7,10-15H2. The van der Waals surface area contributed by atoms with Gasteiger partial charge in [0, 0.05) is 13.1 Å². The van der Waals surface area contributed by atoms with Crippen LogP contribution >= 0.6 is 0 Å². The molecule has 1 saturated carbocycles. The molecule has 0 radical (unpaired) electrons. The van der Waals surface area contributed by atoms with Crippen LogP contribution in [0.3, 0.4) is 0 Å². The molecule has 5 nitrogen and oxygen atoms in total. The van der Waals surface area contributed by atoms with Crippen LogP contribution in [0.5, 0.6) is 0 Å². The van der Waals surface area contributed by atoms with Gasteiger partial charge in [-0.1, -0.05) is 36.6 Å². The third kappa shape index (κ3) is 2.76. The van der Waals surface area contributed by atoms with E-state index in [1.54, 1.807) is 0 Å². The minimum Gasteiger partial charge on any atom is -0.379 e. The van der Waals surface area contributed by atoms with Crippen molar-refractivity contribution in [2.75, 3.05) is 26.3 Å². The monoisotopic (exact) mass is 314 g/mol. The van der Waals surface area contributed by atoms with Gasteiger partial charge in [0.1, 0.15) is 11.2 Å². The summed E-state index contributed by atoms with van der Waals surface area (Å²) < 4.78 is 7.84. The molecule has 0 N–H and O–H groups in total. The highest BCUT2D eigenvalue weighted by atomic mass is 16.5. The Morgan fingerprint density at radius 2 is 1.61 bits per heavy atom. The molecule has 1 saturated heterocycles. The number of nitrogens with zero attached hydrogens (tertiary/aromatic N) is 4. The van der Waals surface area contributed by atoms with E-state index in [0.717, 1.165) is 31.8 Å². The van der Waals surface area contributed by atoms with Crippen molar-refractivity contribution in [1.82, 2.24) is 19.9 Å². The topological polar surface area (TPSA) is 43.2 Å². The van der Waals surface area contributed by atoms with Crippen molar-refractivity contribution in [3.8, 4) is 0 Å². The normalized spacial score (nSPS) is 23.5. The summed E-state index contributed by atoms with van der Waals surface area (Å²) >= 11 is 0. The van der Waals surface area contributed by atoms with Gasteiger partial charge in [-0.2, -0.15) is 0 Å². The maximum absolute atomic E-state index is 5.61. The lowest BCUT2D eigenvalue weighted by Crippen LogP contribution is -2.55. The molecule has 2 fully saturated rings. The number of ether oxygens (including phenoxy) is 1. The van der Waals surface area contributed by atoms with E-state index in [-0.39, 0.29) is 5.66 Å². The fraction of sp³-hybridized carbons (Fsp3) is 0.667. The summed E-state index contributed by atoms with van der Waals surface area (Å²) in [4.78, 5) is 2.61. The van der Waals surface area contributed by atoms with E-state index >= 15 is 0 Å². The van der Waals surface area contributed by atoms with Gasteiger partial charge in [0.15, 0.2) is 0 Å². The number of para-hydroxylation sites is 1. The molecule has 124 valence electrons. The van der Waals surface area contributed by atoms with Crippen LogP contribution in [0.2, 0.25) is 0 Å². The van der Waals surface area contributed by atoms with Crippen molar-refractivity contribution < 1.29 is 4.74 Å². The van der Waals surface area contributed by atoms with Crippen molar-refractivity contribution in [3.05, 3.63) is 24.3 Å². The summed E-state index contributed by atoms with van der Waals surface area (Å²) in [6.45, 7) is 3.64. The van der Waals surface area contributed by atoms with Crippen molar-refractivity contribution in [2.45, 2.75) is 50.6 Å². The van der Waals surface area contributed by atoms with Gasteiger partial charge in [-0.25, -0.2) is 4.68 Å². The second-order valence-electron chi connectivity index (χ2n) is 6.84. The van der Waals surface area contributed by atoms with Crippen LogP contribution < -0.4 is 0 Å². The van der Waals surface area contributed by atoms with Gasteiger partial charge in [-0.3, -0.25) is 4.90 Å². The van der Waals surface area contributed by atoms with Crippen LogP contribution in [0, 0.1) is 0 Å². The first-order chi connectivity index (χ1) is 11.4. The first-order valence-corrected chi connectivity index (χ1v) is 9.04. The molecule has 0 unspecified atom stereocenters. The molecular weight excluding hydrogens is 288 g/mol. The molecule has 1 aromatic carbocycles. The maximum Gasteiger partial charge on any atom is 0.117 e. The molecule has 1 aromatic heterocycles. The van der Waals surface area contributed by atoms with Gasteiger partial charge in [0.05, 0.1) is 18.7 Å². The van der Waals surface area contributed by atoms with Crippen molar-refractivity contribution in [2.24, 2.45) is 0 Å². The van der Waals surface area contributed by atoms with Crippen molar-refractivity contribution in [3.63, 3.8) is 0 Å². The Morgan fingerprint density at radius 1 is 0.913 bits per heavy atom. The van der Waals surface area contributed by atoms with Crippen molar-refractivity contribution >= 4 is 11.0 Å². The van der Waals surface area contributed by atoms with E-state index in [1.807, 2.05) is 6.07 Å². The third-order valence-corrected chi connectivity index (χ3v) is 5.50. The summed E-state index contributed by atoms with van der Waals surface area (Å²) in [5.74, 6) is 0. The Balaban J connectivity index is 1.79. The quantitative estimate of drug-likeness (QED) is 0.854. The van der Waals surface area contributed by atoms with Gasteiger partial charge in [-0.05, 0) is 37.8 Å². The number of hydrogen-bond acceptors (Lipinski definition) is 4. The van der Waals surface area contributed by atoms with E-state index in [4.69, 9.17) is 4.74 Å². The van der Waals surface area contributed by atoms with Gasteiger partial charge in [0.2, 0.25) is 0 Å². The predicted molar refractivity (Wildman–Crippen MR) is 90.2 cm³/mol. The highest BCUT2D eigenvalue weighted by Gasteiger charge is 2.41. The molecule has 0 amide bonds. The lowest BCUT2D eigenvalue weighted by Gasteiger charge is -2.46. The molecule has 0 spiro atoms. The van der Waals surface area contributed by atoms with E-state index in [2.05, 4.69) is 38.1 Å². The lowest BCUT2D eigenvalue weighted by atomic mass is 9.89. The number of rotatable bonds is 2. The fourth-order valence-electron chi connectivity index (χ4n) is 4.29. The van der Waals surface area contributed by atoms with E-state index < -0.39 is 0 Å². The Bertz CT molecular complexity index is 639. The molecule has 2 aromatic rings. The number of aromatic nitrogens is 3. The predicted octanol–water partition coefficient (Wildman–Crippen LogP) is 3.16. The van der Waals surface area contributed by atoms with Crippen LogP contribution in [-0.2, 0) is 10.4 Å². The smallest absolute Gasteiger partial charge is 0.117 e. The first kappa shape index (κ1) is 15.1. The Hall–Kier alpha value is -1.46. The number of hydrogen-bond donors (Lipinski definition) is 0. The second kappa shape index (κ2) is 6.57. The number of fused-ring (bicyclic) bond motifs is 1. The third-order valence-electron chi connectivity index (χ3n) is 5.50. The average Bonchev–Trinajstić information content (AvgIpc) is 3.01. The SMILES string of the molecule is c1ccc2c(c1)nnn2C1(N2CCOCC2)CCCCCCC1. The minimum atomic E-state index is -0.0275. The van der Waals surface area contributed by atoms with Crippen molar-refractivity contribution in [1.29, 1.82) is 0 Å². The van der Waals surface area contributed by atoms with Crippen LogP contribution in [0.1, 0.15) is 44.9 Å². The highest BCUT2D eigenvalue weighted by Crippen LogP contribution is 2.38. The Kier molecular flexibility index (Phi) is 4.31. The summed E-state index contributed by atoms with van der Waals surface area (Å²) in [5, 5.41) is 9.07. The fourth-order valence-corrected chi connectivity index (χ4v) is 4.29. The zero-order chi connectivity index (χ0) is 15.5. The van der Waals surface area contributed by atoms with Crippen LogP contribution in [0.15, 0.2) is 24.3 Å². The summed E-state index contributed by atoms with van der Waals surface area (Å²) in [7, 11) is 0. The van der Waals surface area contributed by atoms with E-state index in [1.165, 1.54) is 50.5 Å². The molecule has 23 heavy (non-hydrogen) atoms. The Labute approximate surface area is 137 Å². The molecule has 5 heteroatoms. The summed E-state index contributed by atoms with van der Waals surface area (Å²) in [6.07, 6.45) is 8.91. The molecule has 1 aliphatic carbocycles. The minimum absolute atomic E-state index is 0.0275. The zero-order valence-electron chi connectivity index (χ0n) is 13.8. The molecule has 2 aliphatic rings. The second-order valence-corrected chi connectivity index (χ2v) is 6.84. The van der Waals surface area contributed by atoms with Gasteiger partial charge in [-0.15, -0.1) is 5.10 Å². The zero-order valence-corrected chi connectivity index (χ0v) is 13.8. The highest BCUT2D eigenvalue weighted by molar-refractivity contribution is 5.74. The number of benzene rings is 1. The van der Waals surface area contributed by atoms with Crippen LogP contribution in [0.25, 0.3) is 11.0 Å². The first-order valence-electron chi connectivity index (χ1n) is 9.04. The van der Waals surface area contributed by atoms with Crippen LogP contribution in [-0.4, -0.2) is 46.2 Å². The van der Waals surface area contributed by atoms with Gasteiger partial charge >= 0.3 is 0 Å². The van der Waals surface area contributed by atoms with Crippen LogP contribution in [0.4, 0.5) is 0 Å². The number of morpholine rings is 1. The van der Waals surface area contributed by atoms with E-state index in [9.17, 15) is 0 Å². The lowest BCUT2D eigenvalue weighted by molar-refractivity contribution is -0.0764. The van der Waals surface area contributed by atoms with Gasteiger partial charge < -0.3 is 4.74 Å². The molecule has 2 heterocycles. The molecule has 1 aliphatic heterocycles. The molecular formula is C18H26N4O. The van der Waals surface area contributed by atoms with Gasteiger partial charge in [0.25, 0.3) is 0 Å². The Morgan fingerprint density at radius 3 is 2.39 bits per heavy atom. The molecule has 4 rings (SSSR count). The largest absolute Gasteiger partial charge is 0.379 e. The molecule has 0 bridgehead atoms. The maximum atomic E-state index is 5.61. The average molecular weight is 314 g/mol. The summed E-state index contributed by atoms with van der Waals surface area (Å²) in [5.41, 5.74) is 2.14. The summed E-state index contributed by atoms with van der Waals surface area (Å²) in [6, 6.07) is 8.37. The molecule has 0 atom stereocenters. The van der Waals surface area contributed by atoms with E-state index in [0.29, 0.717) is 0 Å².